The summed E-state index contributed by atoms with van der Waals surface area (Å²) in [6, 6.07) is 8.60. The van der Waals surface area contributed by atoms with Gasteiger partial charge in [-0.1, -0.05) is 6.07 Å². The van der Waals surface area contributed by atoms with Gasteiger partial charge in [0.2, 0.25) is 5.91 Å². The Balaban J connectivity index is 1.59. The van der Waals surface area contributed by atoms with Gasteiger partial charge in [0.15, 0.2) is 0 Å². The number of halogens is 1. The topological polar surface area (TPSA) is 45.2 Å². The molecule has 1 aromatic carbocycles. The van der Waals surface area contributed by atoms with Crippen molar-refractivity contribution in [2.75, 3.05) is 18.0 Å². The molecule has 1 aliphatic heterocycles. The first-order valence-corrected chi connectivity index (χ1v) is 8.31. The molecule has 126 valence electrons. The number of nitrogens with zero attached hydrogens (tertiary/aromatic N) is 2. The van der Waals surface area contributed by atoms with Crippen LogP contribution in [0.25, 0.3) is 0 Å². The van der Waals surface area contributed by atoms with Crippen LogP contribution in [0.1, 0.15) is 24.0 Å². The molecule has 2 heterocycles. The van der Waals surface area contributed by atoms with Crippen molar-refractivity contribution in [2.24, 2.45) is 0 Å². The van der Waals surface area contributed by atoms with Gasteiger partial charge in [-0.15, -0.1) is 0 Å². The van der Waals surface area contributed by atoms with Gasteiger partial charge >= 0.3 is 0 Å². The van der Waals surface area contributed by atoms with Crippen LogP contribution in [-0.2, 0) is 11.2 Å². The summed E-state index contributed by atoms with van der Waals surface area (Å²) in [5.41, 5.74) is 2.90. The minimum Gasteiger partial charge on any atom is -0.369 e. The number of carbonyl (C=O) groups excluding carboxylic acids is 1. The fraction of sp³-hybridized carbons (Fsp3) is 0.368. The molecule has 0 aliphatic carbocycles. The molecule has 0 bridgehead atoms. The zero-order valence-electron chi connectivity index (χ0n) is 13.8. The Bertz CT molecular complexity index is 719. The molecule has 1 N–H and O–H groups in total. The predicted molar refractivity (Wildman–Crippen MR) is 92.5 cm³/mol. The summed E-state index contributed by atoms with van der Waals surface area (Å²) in [6.07, 6.45) is 5.78. The van der Waals surface area contributed by atoms with Crippen LogP contribution in [-0.4, -0.2) is 30.0 Å². The number of anilines is 1. The number of nitrogens with one attached hydrogen (secondary N) is 1. The molecule has 4 nitrogen and oxygen atoms in total. The first-order chi connectivity index (χ1) is 11.6. The number of amides is 1. The standard InChI is InChI=1S/C19H22FN3O/c1-14-12-21-8-7-15(14)10-19(24)22-17-5-3-9-23(13-17)18-6-2-4-16(20)11-18/h2,4,6-8,11-12,17H,3,5,9-10,13H2,1H3,(H,22,24). The maximum Gasteiger partial charge on any atom is 0.224 e. The van der Waals surface area contributed by atoms with Crippen molar-refractivity contribution in [1.29, 1.82) is 0 Å². The zero-order valence-corrected chi connectivity index (χ0v) is 13.8. The van der Waals surface area contributed by atoms with Gasteiger partial charge < -0.3 is 10.2 Å². The quantitative estimate of drug-likeness (QED) is 0.939. The third-order valence-corrected chi connectivity index (χ3v) is 4.45. The van der Waals surface area contributed by atoms with Crippen LogP contribution >= 0.6 is 0 Å². The Morgan fingerprint density at radius 1 is 1.42 bits per heavy atom. The number of piperidine rings is 1. The number of pyridine rings is 1. The van der Waals surface area contributed by atoms with E-state index in [1.165, 1.54) is 6.07 Å². The first kappa shape index (κ1) is 16.4. The average molecular weight is 327 g/mol. The van der Waals surface area contributed by atoms with Crippen LogP contribution in [0.15, 0.2) is 42.7 Å². The monoisotopic (exact) mass is 327 g/mol. The number of aromatic nitrogens is 1. The molecule has 0 radical (unpaired) electrons. The fourth-order valence-electron chi connectivity index (χ4n) is 3.15. The minimum absolute atomic E-state index is 0.0235. The number of hydrogen-bond acceptors (Lipinski definition) is 3. The highest BCUT2D eigenvalue weighted by molar-refractivity contribution is 5.79. The second-order valence-corrected chi connectivity index (χ2v) is 6.31. The predicted octanol–water partition coefficient (Wildman–Crippen LogP) is 2.86. The second kappa shape index (κ2) is 7.43. The molecule has 5 heteroatoms. The smallest absolute Gasteiger partial charge is 0.224 e. The Hall–Kier alpha value is -2.43. The number of benzene rings is 1. The van der Waals surface area contributed by atoms with Gasteiger partial charge in [0.1, 0.15) is 5.82 Å². The van der Waals surface area contributed by atoms with Gasteiger partial charge in [-0.25, -0.2) is 4.39 Å². The average Bonchev–Trinajstić information content (AvgIpc) is 2.57. The van der Waals surface area contributed by atoms with Crippen molar-refractivity contribution in [1.82, 2.24) is 10.3 Å². The highest BCUT2D eigenvalue weighted by Crippen LogP contribution is 2.21. The van der Waals surface area contributed by atoms with E-state index in [0.29, 0.717) is 13.0 Å². The summed E-state index contributed by atoms with van der Waals surface area (Å²) in [5, 5.41) is 3.11. The van der Waals surface area contributed by atoms with E-state index in [1.54, 1.807) is 24.5 Å². The number of rotatable bonds is 4. The molecule has 1 saturated heterocycles. The van der Waals surface area contributed by atoms with Crippen LogP contribution in [0.5, 0.6) is 0 Å². The largest absolute Gasteiger partial charge is 0.369 e. The Kier molecular flexibility index (Phi) is 5.08. The lowest BCUT2D eigenvalue weighted by Crippen LogP contribution is -2.48. The van der Waals surface area contributed by atoms with Crippen molar-refractivity contribution >= 4 is 11.6 Å². The summed E-state index contributed by atoms with van der Waals surface area (Å²) >= 11 is 0. The molecule has 24 heavy (non-hydrogen) atoms. The van der Waals surface area contributed by atoms with Crippen molar-refractivity contribution in [3.63, 3.8) is 0 Å². The van der Waals surface area contributed by atoms with Gasteiger partial charge in [-0.2, -0.15) is 0 Å². The molecular weight excluding hydrogens is 305 g/mol. The lowest BCUT2D eigenvalue weighted by Gasteiger charge is -2.34. The van der Waals surface area contributed by atoms with Crippen molar-refractivity contribution in [3.8, 4) is 0 Å². The van der Waals surface area contributed by atoms with E-state index >= 15 is 0 Å². The Morgan fingerprint density at radius 3 is 3.08 bits per heavy atom. The van der Waals surface area contributed by atoms with E-state index in [0.717, 1.165) is 36.2 Å². The number of hydrogen-bond donors (Lipinski definition) is 1. The summed E-state index contributed by atoms with van der Waals surface area (Å²) in [6.45, 7) is 3.56. The van der Waals surface area contributed by atoms with Gasteiger partial charge in [0, 0.05) is 37.2 Å². The number of carbonyl (C=O) groups is 1. The zero-order chi connectivity index (χ0) is 16.9. The second-order valence-electron chi connectivity index (χ2n) is 6.31. The normalized spacial score (nSPS) is 17.6. The molecule has 3 rings (SSSR count). The lowest BCUT2D eigenvalue weighted by atomic mass is 10.0. The van der Waals surface area contributed by atoms with E-state index < -0.39 is 0 Å². The molecule has 1 atom stereocenters. The lowest BCUT2D eigenvalue weighted by molar-refractivity contribution is -0.121. The summed E-state index contributed by atoms with van der Waals surface area (Å²) in [5.74, 6) is -0.206. The first-order valence-electron chi connectivity index (χ1n) is 8.31. The Labute approximate surface area is 141 Å². The SMILES string of the molecule is Cc1cnccc1CC(=O)NC1CCCN(c2cccc(F)c2)C1. The van der Waals surface area contributed by atoms with Crippen LogP contribution < -0.4 is 10.2 Å². The van der Waals surface area contributed by atoms with E-state index in [1.807, 2.05) is 19.1 Å². The summed E-state index contributed by atoms with van der Waals surface area (Å²) in [7, 11) is 0. The van der Waals surface area contributed by atoms with E-state index in [4.69, 9.17) is 0 Å². The van der Waals surface area contributed by atoms with Crippen molar-refractivity contribution < 1.29 is 9.18 Å². The van der Waals surface area contributed by atoms with Crippen LogP contribution in [0.3, 0.4) is 0 Å². The van der Waals surface area contributed by atoms with Gasteiger partial charge in [-0.05, 0) is 55.2 Å². The van der Waals surface area contributed by atoms with Crippen LogP contribution in [0.4, 0.5) is 10.1 Å². The highest BCUT2D eigenvalue weighted by Gasteiger charge is 2.22. The molecule has 0 saturated carbocycles. The third-order valence-electron chi connectivity index (χ3n) is 4.45. The minimum atomic E-state index is -0.230. The van der Waals surface area contributed by atoms with E-state index in [9.17, 15) is 9.18 Å². The molecule has 1 aromatic heterocycles. The van der Waals surface area contributed by atoms with Crippen LogP contribution in [0, 0.1) is 12.7 Å². The van der Waals surface area contributed by atoms with Crippen molar-refractivity contribution in [3.05, 3.63) is 59.7 Å². The maximum atomic E-state index is 13.4. The highest BCUT2D eigenvalue weighted by atomic mass is 19.1. The molecule has 1 aliphatic rings. The third kappa shape index (κ3) is 4.10. The molecular formula is C19H22FN3O. The maximum absolute atomic E-state index is 13.4. The van der Waals surface area contributed by atoms with Crippen LogP contribution in [0.2, 0.25) is 0 Å². The molecule has 0 spiro atoms. The molecule has 2 aromatic rings. The number of aryl methyl sites for hydroxylation is 1. The van der Waals surface area contributed by atoms with E-state index in [2.05, 4.69) is 15.2 Å². The summed E-state index contributed by atoms with van der Waals surface area (Å²) in [4.78, 5) is 18.5. The van der Waals surface area contributed by atoms with Crippen molar-refractivity contribution in [2.45, 2.75) is 32.2 Å². The summed E-state index contributed by atoms with van der Waals surface area (Å²) < 4.78 is 13.4. The van der Waals surface area contributed by atoms with Gasteiger partial charge in [0.25, 0.3) is 0 Å². The van der Waals surface area contributed by atoms with Gasteiger partial charge in [-0.3, -0.25) is 9.78 Å². The fourth-order valence-corrected chi connectivity index (χ4v) is 3.15. The molecule has 1 unspecified atom stereocenters. The van der Waals surface area contributed by atoms with E-state index in [-0.39, 0.29) is 17.8 Å². The molecule has 1 fully saturated rings. The molecule has 1 amide bonds. The Morgan fingerprint density at radius 2 is 2.29 bits per heavy atom. The van der Waals surface area contributed by atoms with Gasteiger partial charge in [0.05, 0.1) is 6.42 Å².